The van der Waals surface area contributed by atoms with Crippen LogP contribution in [0.15, 0.2) is 42.5 Å². The first-order valence-electron chi connectivity index (χ1n) is 9.92. The van der Waals surface area contributed by atoms with Gasteiger partial charge >= 0.3 is 0 Å². The molecule has 1 heterocycles. The highest BCUT2D eigenvalue weighted by Gasteiger charge is 2.19. The summed E-state index contributed by atoms with van der Waals surface area (Å²) in [4.78, 5) is 14.9. The molecule has 0 atom stereocenters. The van der Waals surface area contributed by atoms with Gasteiger partial charge in [-0.15, -0.1) is 0 Å². The van der Waals surface area contributed by atoms with E-state index in [-0.39, 0.29) is 5.91 Å². The second-order valence-corrected chi connectivity index (χ2v) is 7.02. The maximum absolute atomic E-state index is 12.9. The average Bonchev–Trinajstić information content (AvgIpc) is 2.97. The molecule has 0 N–H and O–H groups in total. The zero-order valence-corrected chi connectivity index (χ0v) is 16.4. The van der Waals surface area contributed by atoms with Crippen molar-refractivity contribution < 1.29 is 14.3 Å². The number of ether oxygens (including phenoxy) is 2. The Bertz CT molecular complexity index is 764. The van der Waals surface area contributed by atoms with Crippen LogP contribution in [0.4, 0.5) is 0 Å². The highest BCUT2D eigenvalue weighted by molar-refractivity contribution is 5.94. The molecule has 4 heteroatoms. The van der Waals surface area contributed by atoms with Crippen LogP contribution in [0.3, 0.4) is 0 Å². The molecule has 1 aliphatic heterocycles. The lowest BCUT2D eigenvalue weighted by Gasteiger charge is -2.21. The van der Waals surface area contributed by atoms with E-state index in [1.54, 1.807) is 0 Å². The lowest BCUT2D eigenvalue weighted by atomic mass is 10.1. The molecule has 0 aromatic heterocycles. The Balaban J connectivity index is 1.79. The molecule has 0 aliphatic carbocycles. The summed E-state index contributed by atoms with van der Waals surface area (Å²) in [6.45, 7) is 6.64. The van der Waals surface area contributed by atoms with Crippen molar-refractivity contribution in [1.82, 2.24) is 4.90 Å². The van der Waals surface area contributed by atoms with Crippen LogP contribution in [-0.4, -0.2) is 30.5 Å². The number of carbonyl (C=O) groups is 1. The number of nitrogens with zero attached hydrogens (tertiary/aromatic N) is 1. The van der Waals surface area contributed by atoms with E-state index in [2.05, 4.69) is 0 Å². The summed E-state index contributed by atoms with van der Waals surface area (Å²) >= 11 is 0. The third kappa shape index (κ3) is 5.03. The van der Waals surface area contributed by atoms with Gasteiger partial charge in [0.25, 0.3) is 5.91 Å². The van der Waals surface area contributed by atoms with E-state index < -0.39 is 0 Å². The molecule has 1 saturated heterocycles. The molecule has 0 unspecified atom stereocenters. The summed E-state index contributed by atoms with van der Waals surface area (Å²) in [6.07, 6.45) is 4.60. The SMILES string of the molecule is CCOc1ccc(C(=O)N2CCCCCC2)cc1COc1ccccc1C. The minimum absolute atomic E-state index is 0.108. The normalized spacial score (nSPS) is 14.5. The van der Waals surface area contributed by atoms with Crippen molar-refractivity contribution in [3.8, 4) is 11.5 Å². The van der Waals surface area contributed by atoms with Crippen LogP contribution in [0, 0.1) is 6.92 Å². The van der Waals surface area contributed by atoms with Crippen LogP contribution in [0.2, 0.25) is 0 Å². The first-order chi connectivity index (χ1) is 13.2. The molecule has 27 heavy (non-hydrogen) atoms. The van der Waals surface area contributed by atoms with Crippen molar-refractivity contribution in [1.29, 1.82) is 0 Å². The van der Waals surface area contributed by atoms with Gasteiger partial charge in [0.15, 0.2) is 0 Å². The Morgan fingerprint density at radius 2 is 1.70 bits per heavy atom. The molecular formula is C23H29NO3. The van der Waals surface area contributed by atoms with Gasteiger partial charge in [-0.25, -0.2) is 0 Å². The van der Waals surface area contributed by atoms with Crippen molar-refractivity contribution in [2.24, 2.45) is 0 Å². The first kappa shape index (κ1) is 19.3. The van der Waals surface area contributed by atoms with Gasteiger partial charge in [-0.05, 0) is 56.5 Å². The van der Waals surface area contributed by atoms with E-state index in [1.165, 1.54) is 12.8 Å². The van der Waals surface area contributed by atoms with Gasteiger partial charge in [-0.3, -0.25) is 4.79 Å². The average molecular weight is 367 g/mol. The predicted octanol–water partition coefficient (Wildman–Crippen LogP) is 4.99. The number of amides is 1. The highest BCUT2D eigenvalue weighted by atomic mass is 16.5. The van der Waals surface area contributed by atoms with Gasteiger partial charge in [0.1, 0.15) is 18.1 Å². The third-order valence-electron chi connectivity index (χ3n) is 4.98. The minimum Gasteiger partial charge on any atom is -0.493 e. The van der Waals surface area contributed by atoms with Gasteiger partial charge in [-0.1, -0.05) is 31.0 Å². The van der Waals surface area contributed by atoms with Gasteiger partial charge in [0.2, 0.25) is 0 Å². The van der Waals surface area contributed by atoms with Crippen LogP contribution in [-0.2, 0) is 6.61 Å². The van der Waals surface area contributed by atoms with Gasteiger partial charge in [0, 0.05) is 24.2 Å². The zero-order chi connectivity index (χ0) is 19.1. The smallest absolute Gasteiger partial charge is 0.253 e. The molecular weight excluding hydrogens is 338 g/mol. The first-order valence-corrected chi connectivity index (χ1v) is 9.92. The monoisotopic (exact) mass is 367 g/mol. The van der Waals surface area contributed by atoms with Crippen LogP contribution in [0.5, 0.6) is 11.5 Å². The Labute approximate surface area is 162 Å². The molecule has 3 rings (SSSR count). The van der Waals surface area contributed by atoms with Crippen molar-refractivity contribution in [3.63, 3.8) is 0 Å². The Morgan fingerprint density at radius 3 is 2.41 bits per heavy atom. The summed E-state index contributed by atoms with van der Waals surface area (Å²) in [5, 5.41) is 0. The van der Waals surface area contributed by atoms with Crippen LogP contribution in [0.1, 0.15) is 54.1 Å². The molecule has 0 bridgehead atoms. The van der Waals surface area contributed by atoms with Gasteiger partial charge < -0.3 is 14.4 Å². The Kier molecular flexibility index (Phi) is 6.74. The molecule has 2 aromatic carbocycles. The maximum atomic E-state index is 12.9. The summed E-state index contributed by atoms with van der Waals surface area (Å²) < 4.78 is 11.8. The number of hydrogen-bond donors (Lipinski definition) is 0. The molecule has 2 aromatic rings. The standard InChI is InChI=1S/C23H29NO3/c1-3-26-22-13-12-19(23(25)24-14-8-4-5-9-15-24)16-20(22)17-27-21-11-7-6-10-18(21)2/h6-7,10-13,16H,3-5,8-9,14-15,17H2,1-2H3. The molecule has 1 amide bonds. The van der Waals surface area contributed by atoms with Crippen molar-refractivity contribution in [3.05, 3.63) is 59.2 Å². The largest absolute Gasteiger partial charge is 0.493 e. The van der Waals surface area contributed by atoms with Crippen molar-refractivity contribution >= 4 is 5.91 Å². The van der Waals surface area contributed by atoms with Crippen LogP contribution in [0.25, 0.3) is 0 Å². The number of aryl methyl sites for hydroxylation is 1. The fourth-order valence-electron chi connectivity index (χ4n) is 3.45. The van der Waals surface area contributed by atoms with Crippen LogP contribution >= 0.6 is 0 Å². The Hall–Kier alpha value is -2.49. The molecule has 0 saturated carbocycles. The summed E-state index contributed by atoms with van der Waals surface area (Å²) in [6, 6.07) is 13.6. The summed E-state index contributed by atoms with van der Waals surface area (Å²) in [5.41, 5.74) is 2.71. The third-order valence-corrected chi connectivity index (χ3v) is 4.98. The van der Waals surface area contributed by atoms with Gasteiger partial charge in [0.05, 0.1) is 6.61 Å². The molecule has 1 aliphatic rings. The number of hydrogen-bond acceptors (Lipinski definition) is 3. The summed E-state index contributed by atoms with van der Waals surface area (Å²) in [5.74, 6) is 1.74. The minimum atomic E-state index is 0.108. The predicted molar refractivity (Wildman–Crippen MR) is 107 cm³/mol. The number of likely N-dealkylation sites (tertiary alicyclic amines) is 1. The van der Waals surface area contributed by atoms with E-state index in [9.17, 15) is 4.79 Å². The number of para-hydroxylation sites is 1. The van der Waals surface area contributed by atoms with E-state index in [1.807, 2.05) is 61.2 Å². The molecule has 144 valence electrons. The second kappa shape index (κ2) is 9.45. The quantitative estimate of drug-likeness (QED) is 0.722. The van der Waals surface area contributed by atoms with E-state index in [0.717, 1.165) is 48.6 Å². The van der Waals surface area contributed by atoms with E-state index in [4.69, 9.17) is 9.47 Å². The maximum Gasteiger partial charge on any atom is 0.253 e. The number of rotatable bonds is 6. The lowest BCUT2D eigenvalue weighted by molar-refractivity contribution is 0.0761. The van der Waals surface area contributed by atoms with Crippen molar-refractivity contribution in [2.75, 3.05) is 19.7 Å². The summed E-state index contributed by atoms with van der Waals surface area (Å²) in [7, 11) is 0. The molecule has 4 nitrogen and oxygen atoms in total. The molecule has 0 spiro atoms. The number of benzene rings is 2. The fourth-order valence-corrected chi connectivity index (χ4v) is 3.45. The lowest BCUT2D eigenvalue weighted by Crippen LogP contribution is -2.31. The fraction of sp³-hybridized carbons (Fsp3) is 0.435. The second-order valence-electron chi connectivity index (χ2n) is 7.02. The molecule has 0 radical (unpaired) electrons. The topological polar surface area (TPSA) is 38.8 Å². The van der Waals surface area contributed by atoms with E-state index in [0.29, 0.717) is 18.8 Å². The van der Waals surface area contributed by atoms with E-state index >= 15 is 0 Å². The Morgan fingerprint density at radius 1 is 0.963 bits per heavy atom. The van der Waals surface area contributed by atoms with Crippen LogP contribution < -0.4 is 9.47 Å². The number of carbonyl (C=O) groups excluding carboxylic acids is 1. The zero-order valence-electron chi connectivity index (χ0n) is 16.4. The van der Waals surface area contributed by atoms with Crippen molar-refractivity contribution in [2.45, 2.75) is 46.1 Å². The molecule has 1 fully saturated rings. The highest BCUT2D eigenvalue weighted by Crippen LogP contribution is 2.25. The van der Waals surface area contributed by atoms with Gasteiger partial charge in [-0.2, -0.15) is 0 Å².